The lowest BCUT2D eigenvalue weighted by atomic mass is 10.1. The van der Waals surface area contributed by atoms with Crippen LogP contribution in [0, 0.1) is 6.92 Å². The Morgan fingerprint density at radius 3 is 2.70 bits per heavy atom. The molecule has 3 aromatic rings. The molecular formula is C24H23N3O5S. The number of anilines is 2. The van der Waals surface area contributed by atoms with E-state index in [1.54, 1.807) is 34.4 Å². The molecule has 2 aromatic carbocycles. The van der Waals surface area contributed by atoms with Gasteiger partial charge in [-0.05, 0) is 43.2 Å². The molecular weight excluding hydrogens is 442 g/mol. The SMILES string of the molecule is COC(=O)N(C)c1ccccc1C(=O)OCC(=O)N1CCc2cc(-c3csc(C)n3)ccc21. The van der Waals surface area contributed by atoms with Gasteiger partial charge < -0.3 is 14.4 Å². The Morgan fingerprint density at radius 2 is 1.97 bits per heavy atom. The first-order chi connectivity index (χ1) is 15.9. The molecule has 2 amide bonds. The summed E-state index contributed by atoms with van der Waals surface area (Å²) in [6, 6.07) is 12.4. The van der Waals surface area contributed by atoms with Crippen LogP contribution >= 0.6 is 11.3 Å². The Morgan fingerprint density at radius 1 is 1.18 bits per heavy atom. The second-order valence-corrected chi connectivity index (χ2v) is 8.58. The van der Waals surface area contributed by atoms with E-state index in [0.29, 0.717) is 12.2 Å². The van der Waals surface area contributed by atoms with Crippen LogP contribution in [0.2, 0.25) is 0 Å². The number of amides is 2. The third kappa shape index (κ3) is 4.58. The van der Waals surface area contributed by atoms with Crippen molar-refractivity contribution in [2.75, 3.05) is 37.1 Å². The fourth-order valence-electron chi connectivity index (χ4n) is 3.77. The zero-order valence-electron chi connectivity index (χ0n) is 18.5. The summed E-state index contributed by atoms with van der Waals surface area (Å²) < 4.78 is 10.0. The molecule has 1 aliphatic rings. The van der Waals surface area contributed by atoms with E-state index in [9.17, 15) is 14.4 Å². The van der Waals surface area contributed by atoms with Gasteiger partial charge in [0.25, 0.3) is 5.91 Å². The topological polar surface area (TPSA) is 89.0 Å². The fourth-order valence-corrected chi connectivity index (χ4v) is 4.40. The number of aromatic nitrogens is 1. The van der Waals surface area contributed by atoms with Gasteiger partial charge in [-0.2, -0.15) is 0 Å². The standard InChI is InChI=1S/C24H23N3O5S/c1-15-25-19(14-33-15)16-8-9-20-17(12-16)10-11-27(20)22(28)13-32-23(29)18-6-4-5-7-21(18)26(2)24(30)31-3/h4-9,12,14H,10-11,13H2,1-3H3. The summed E-state index contributed by atoms with van der Waals surface area (Å²) in [6.07, 6.45) is 0.103. The Kier molecular flexibility index (Phi) is 6.41. The molecule has 1 aliphatic heterocycles. The summed E-state index contributed by atoms with van der Waals surface area (Å²) in [5, 5.41) is 3.02. The molecule has 0 unspecified atom stereocenters. The molecule has 170 valence electrons. The van der Waals surface area contributed by atoms with E-state index in [1.165, 1.54) is 25.1 Å². The zero-order valence-corrected chi connectivity index (χ0v) is 19.3. The van der Waals surface area contributed by atoms with Crippen molar-refractivity contribution in [1.29, 1.82) is 0 Å². The molecule has 0 aliphatic carbocycles. The maximum atomic E-state index is 12.8. The number of para-hydroxylation sites is 1. The first kappa shape index (κ1) is 22.5. The smallest absolute Gasteiger partial charge is 0.413 e. The van der Waals surface area contributed by atoms with E-state index in [2.05, 4.69) is 11.1 Å². The van der Waals surface area contributed by atoms with E-state index in [-0.39, 0.29) is 11.5 Å². The third-order valence-electron chi connectivity index (χ3n) is 5.45. The molecule has 2 heterocycles. The Labute approximate surface area is 195 Å². The highest BCUT2D eigenvalue weighted by Crippen LogP contribution is 2.33. The van der Waals surface area contributed by atoms with Gasteiger partial charge in [-0.3, -0.25) is 9.69 Å². The average molecular weight is 466 g/mol. The monoisotopic (exact) mass is 465 g/mol. The number of aryl methyl sites for hydroxylation is 1. The van der Waals surface area contributed by atoms with Crippen molar-refractivity contribution in [3.63, 3.8) is 0 Å². The highest BCUT2D eigenvalue weighted by molar-refractivity contribution is 7.09. The van der Waals surface area contributed by atoms with Gasteiger partial charge in [0, 0.05) is 30.2 Å². The summed E-state index contributed by atoms with van der Waals surface area (Å²) in [4.78, 5) is 44.7. The number of methoxy groups -OCH3 is 1. The molecule has 0 radical (unpaired) electrons. The van der Waals surface area contributed by atoms with Gasteiger partial charge in [0.1, 0.15) is 0 Å². The minimum atomic E-state index is -0.691. The van der Waals surface area contributed by atoms with Crippen LogP contribution in [0.15, 0.2) is 47.8 Å². The molecule has 0 atom stereocenters. The van der Waals surface area contributed by atoms with E-state index in [1.807, 2.05) is 24.4 Å². The van der Waals surface area contributed by atoms with Crippen LogP contribution < -0.4 is 9.80 Å². The lowest BCUT2D eigenvalue weighted by Crippen LogP contribution is -2.33. The molecule has 9 heteroatoms. The number of rotatable bonds is 5. The molecule has 0 N–H and O–H groups in total. The second-order valence-electron chi connectivity index (χ2n) is 7.51. The van der Waals surface area contributed by atoms with Crippen molar-refractivity contribution >= 4 is 40.7 Å². The first-order valence-corrected chi connectivity index (χ1v) is 11.2. The number of hydrogen-bond donors (Lipinski definition) is 0. The largest absolute Gasteiger partial charge is 0.452 e. The van der Waals surface area contributed by atoms with E-state index in [4.69, 9.17) is 9.47 Å². The Bertz CT molecular complexity index is 1220. The molecule has 8 nitrogen and oxygen atoms in total. The maximum Gasteiger partial charge on any atom is 0.413 e. The number of carbonyl (C=O) groups excluding carboxylic acids is 3. The van der Waals surface area contributed by atoms with Gasteiger partial charge >= 0.3 is 12.1 Å². The Balaban J connectivity index is 1.44. The average Bonchev–Trinajstić information content (AvgIpc) is 3.47. The van der Waals surface area contributed by atoms with E-state index < -0.39 is 18.7 Å². The van der Waals surface area contributed by atoms with Crippen LogP contribution in [-0.4, -0.2) is 50.3 Å². The summed E-state index contributed by atoms with van der Waals surface area (Å²) >= 11 is 1.60. The predicted octanol–water partition coefficient (Wildman–Crippen LogP) is 4.07. The number of carbonyl (C=O) groups is 3. The van der Waals surface area contributed by atoms with Gasteiger partial charge in [0.05, 0.1) is 29.1 Å². The van der Waals surface area contributed by atoms with Crippen LogP contribution in [-0.2, 0) is 20.7 Å². The fraction of sp³-hybridized carbons (Fsp3) is 0.250. The summed E-state index contributed by atoms with van der Waals surface area (Å²) in [7, 11) is 2.75. The van der Waals surface area contributed by atoms with E-state index in [0.717, 1.165) is 33.9 Å². The summed E-state index contributed by atoms with van der Waals surface area (Å²) in [5.74, 6) is -0.999. The number of thiazole rings is 1. The predicted molar refractivity (Wildman–Crippen MR) is 126 cm³/mol. The van der Waals surface area contributed by atoms with E-state index >= 15 is 0 Å². The van der Waals surface area contributed by atoms with Crippen LogP contribution in [0.25, 0.3) is 11.3 Å². The van der Waals surface area contributed by atoms with Gasteiger partial charge in [0.2, 0.25) is 0 Å². The van der Waals surface area contributed by atoms with Crippen LogP contribution in [0.1, 0.15) is 20.9 Å². The summed E-state index contributed by atoms with van der Waals surface area (Å²) in [6.45, 7) is 2.09. The molecule has 0 bridgehead atoms. The second kappa shape index (κ2) is 9.41. The van der Waals surface area contributed by atoms with Crippen molar-refractivity contribution in [3.8, 4) is 11.3 Å². The quantitative estimate of drug-likeness (QED) is 0.528. The minimum absolute atomic E-state index is 0.170. The van der Waals surface area contributed by atoms with Crippen molar-refractivity contribution in [3.05, 3.63) is 64.0 Å². The van der Waals surface area contributed by atoms with Gasteiger partial charge in [0.15, 0.2) is 6.61 Å². The van der Waals surface area contributed by atoms with Crippen molar-refractivity contribution < 1.29 is 23.9 Å². The first-order valence-electron chi connectivity index (χ1n) is 10.3. The molecule has 1 aromatic heterocycles. The lowest BCUT2D eigenvalue weighted by Gasteiger charge is -2.20. The summed E-state index contributed by atoms with van der Waals surface area (Å²) in [5.41, 5.74) is 4.32. The normalized spacial score (nSPS) is 12.3. The Hall–Kier alpha value is -3.72. The number of nitrogens with zero attached hydrogens (tertiary/aromatic N) is 3. The highest BCUT2D eigenvalue weighted by Gasteiger charge is 2.27. The molecule has 4 rings (SSSR count). The van der Waals surface area contributed by atoms with Crippen LogP contribution in [0.3, 0.4) is 0 Å². The van der Waals surface area contributed by atoms with Crippen molar-refractivity contribution in [2.24, 2.45) is 0 Å². The highest BCUT2D eigenvalue weighted by atomic mass is 32.1. The third-order valence-corrected chi connectivity index (χ3v) is 6.22. The number of ether oxygens (including phenoxy) is 2. The van der Waals surface area contributed by atoms with Crippen molar-refractivity contribution in [1.82, 2.24) is 4.98 Å². The number of fused-ring (bicyclic) bond motifs is 1. The number of esters is 1. The molecule has 33 heavy (non-hydrogen) atoms. The molecule has 0 saturated carbocycles. The van der Waals surface area contributed by atoms with Gasteiger partial charge in [-0.15, -0.1) is 11.3 Å². The van der Waals surface area contributed by atoms with Crippen molar-refractivity contribution in [2.45, 2.75) is 13.3 Å². The van der Waals surface area contributed by atoms with Crippen LogP contribution in [0.5, 0.6) is 0 Å². The molecule has 0 spiro atoms. The minimum Gasteiger partial charge on any atom is -0.452 e. The van der Waals surface area contributed by atoms with Gasteiger partial charge in [-0.25, -0.2) is 14.6 Å². The number of benzene rings is 2. The molecule has 0 saturated heterocycles. The lowest BCUT2D eigenvalue weighted by molar-refractivity contribution is -0.121. The zero-order chi connectivity index (χ0) is 23.5. The van der Waals surface area contributed by atoms with Crippen LogP contribution in [0.4, 0.5) is 16.2 Å². The maximum absolute atomic E-state index is 12.8. The molecule has 0 fully saturated rings. The number of hydrogen-bond acceptors (Lipinski definition) is 7. The van der Waals surface area contributed by atoms with Gasteiger partial charge in [-0.1, -0.05) is 18.2 Å².